The van der Waals surface area contributed by atoms with E-state index in [-0.39, 0.29) is 0 Å². The van der Waals surface area contributed by atoms with Gasteiger partial charge in [-0.15, -0.1) is 0 Å². The number of nitrogens with one attached hydrogen (secondary N) is 2. The van der Waals surface area contributed by atoms with E-state index < -0.39 is 0 Å². The molecule has 0 aliphatic carbocycles. The van der Waals surface area contributed by atoms with E-state index in [1.165, 1.54) is 5.56 Å². The van der Waals surface area contributed by atoms with Gasteiger partial charge in [-0.05, 0) is 13.1 Å². The highest BCUT2D eigenvalue weighted by atomic mass is 16.5. The van der Waals surface area contributed by atoms with E-state index in [1.807, 2.05) is 25.2 Å². The number of benzene rings is 1. The minimum absolute atomic E-state index is 0.853. The van der Waals surface area contributed by atoms with Gasteiger partial charge in [-0.3, -0.25) is 0 Å². The van der Waals surface area contributed by atoms with Crippen LogP contribution in [0.2, 0.25) is 0 Å². The van der Waals surface area contributed by atoms with Crippen molar-refractivity contribution in [3.8, 4) is 5.75 Å². The number of hydrogen-bond donors (Lipinski definition) is 2. The van der Waals surface area contributed by atoms with Crippen LogP contribution in [-0.2, 0) is 6.54 Å². The van der Waals surface area contributed by atoms with E-state index in [0.29, 0.717) is 0 Å². The number of methoxy groups -OCH3 is 1. The summed E-state index contributed by atoms with van der Waals surface area (Å²) in [4.78, 5) is 0. The molecule has 0 aliphatic heterocycles. The van der Waals surface area contributed by atoms with Crippen LogP contribution in [0.1, 0.15) is 5.56 Å². The number of hydrogen-bond acceptors (Lipinski definition) is 3. The zero-order valence-corrected chi connectivity index (χ0v) is 8.84. The Bertz CT molecular complexity index is 263. The first-order chi connectivity index (χ1) is 6.88. The third-order valence-corrected chi connectivity index (χ3v) is 2.06. The summed E-state index contributed by atoms with van der Waals surface area (Å²) in [6.07, 6.45) is 0. The molecule has 1 rings (SSSR count). The Hall–Kier alpha value is -1.06. The average Bonchev–Trinajstić information content (AvgIpc) is 2.25. The van der Waals surface area contributed by atoms with Crippen molar-refractivity contribution in [3.05, 3.63) is 29.8 Å². The molecule has 0 bridgehead atoms. The first kappa shape index (κ1) is 11.0. The predicted molar refractivity (Wildman–Crippen MR) is 58.6 cm³/mol. The van der Waals surface area contributed by atoms with Gasteiger partial charge in [0, 0.05) is 25.2 Å². The molecule has 3 heteroatoms. The molecule has 14 heavy (non-hydrogen) atoms. The molecule has 0 unspecified atom stereocenters. The Balaban J connectivity index is 2.41. The highest BCUT2D eigenvalue weighted by Gasteiger charge is 1.99. The fourth-order valence-electron chi connectivity index (χ4n) is 1.29. The Morgan fingerprint density at radius 3 is 2.71 bits per heavy atom. The first-order valence-corrected chi connectivity index (χ1v) is 4.85. The van der Waals surface area contributed by atoms with Crippen LogP contribution in [0.5, 0.6) is 5.75 Å². The minimum atomic E-state index is 0.853. The molecule has 0 atom stereocenters. The molecule has 3 nitrogen and oxygen atoms in total. The van der Waals surface area contributed by atoms with Crippen LogP contribution in [0.3, 0.4) is 0 Å². The minimum Gasteiger partial charge on any atom is -0.496 e. The fourth-order valence-corrected chi connectivity index (χ4v) is 1.29. The Labute approximate surface area is 85.5 Å². The molecule has 78 valence electrons. The Morgan fingerprint density at radius 2 is 2.00 bits per heavy atom. The van der Waals surface area contributed by atoms with Gasteiger partial charge >= 0.3 is 0 Å². The summed E-state index contributed by atoms with van der Waals surface area (Å²) in [5.41, 5.74) is 1.20. The van der Waals surface area contributed by atoms with Gasteiger partial charge in [0.15, 0.2) is 0 Å². The highest BCUT2D eigenvalue weighted by Crippen LogP contribution is 2.16. The molecule has 0 aliphatic rings. The topological polar surface area (TPSA) is 33.3 Å². The van der Waals surface area contributed by atoms with Crippen LogP contribution in [0.4, 0.5) is 0 Å². The zero-order chi connectivity index (χ0) is 10.2. The molecule has 0 saturated carbocycles. The maximum Gasteiger partial charge on any atom is 0.123 e. The van der Waals surface area contributed by atoms with Crippen molar-refractivity contribution >= 4 is 0 Å². The summed E-state index contributed by atoms with van der Waals surface area (Å²) in [6, 6.07) is 8.06. The van der Waals surface area contributed by atoms with Crippen LogP contribution >= 0.6 is 0 Å². The van der Waals surface area contributed by atoms with Crippen molar-refractivity contribution in [2.24, 2.45) is 0 Å². The van der Waals surface area contributed by atoms with Gasteiger partial charge < -0.3 is 15.4 Å². The van der Waals surface area contributed by atoms with Gasteiger partial charge in [0.2, 0.25) is 0 Å². The van der Waals surface area contributed by atoms with Crippen molar-refractivity contribution in [3.63, 3.8) is 0 Å². The van der Waals surface area contributed by atoms with E-state index in [2.05, 4.69) is 16.7 Å². The second-order valence-electron chi connectivity index (χ2n) is 3.09. The van der Waals surface area contributed by atoms with Gasteiger partial charge in [-0.1, -0.05) is 18.2 Å². The molecule has 0 aromatic heterocycles. The van der Waals surface area contributed by atoms with E-state index in [9.17, 15) is 0 Å². The van der Waals surface area contributed by atoms with Crippen molar-refractivity contribution in [2.45, 2.75) is 6.54 Å². The second kappa shape index (κ2) is 6.40. The molecule has 0 spiro atoms. The SMILES string of the molecule is CNCCNCc1ccccc1OC. The van der Waals surface area contributed by atoms with Crippen LogP contribution in [0.15, 0.2) is 24.3 Å². The molecule has 0 radical (unpaired) electrons. The molecular weight excluding hydrogens is 176 g/mol. The van der Waals surface area contributed by atoms with E-state index in [1.54, 1.807) is 7.11 Å². The maximum atomic E-state index is 5.25. The van der Waals surface area contributed by atoms with Gasteiger partial charge in [-0.2, -0.15) is 0 Å². The lowest BCUT2D eigenvalue weighted by molar-refractivity contribution is 0.407. The lowest BCUT2D eigenvalue weighted by Gasteiger charge is -2.08. The van der Waals surface area contributed by atoms with Gasteiger partial charge in [0.05, 0.1) is 7.11 Å². The van der Waals surface area contributed by atoms with E-state index in [0.717, 1.165) is 25.4 Å². The average molecular weight is 194 g/mol. The number of rotatable bonds is 6. The molecule has 0 amide bonds. The molecule has 0 heterocycles. The third-order valence-electron chi connectivity index (χ3n) is 2.06. The summed E-state index contributed by atoms with van der Waals surface area (Å²) < 4.78 is 5.25. The smallest absolute Gasteiger partial charge is 0.123 e. The van der Waals surface area contributed by atoms with Gasteiger partial charge in [0.25, 0.3) is 0 Å². The Kier molecular flexibility index (Phi) is 5.04. The summed E-state index contributed by atoms with van der Waals surface area (Å²) in [5, 5.41) is 6.42. The van der Waals surface area contributed by atoms with Gasteiger partial charge in [0.1, 0.15) is 5.75 Å². The second-order valence-corrected chi connectivity index (χ2v) is 3.09. The van der Waals surface area contributed by atoms with Crippen molar-refractivity contribution in [1.29, 1.82) is 0 Å². The largest absolute Gasteiger partial charge is 0.496 e. The highest BCUT2D eigenvalue weighted by molar-refractivity contribution is 5.32. The van der Waals surface area contributed by atoms with Crippen molar-refractivity contribution in [2.75, 3.05) is 27.2 Å². The molecule has 0 saturated heterocycles. The molecule has 2 N–H and O–H groups in total. The number of ether oxygens (including phenoxy) is 1. The van der Waals surface area contributed by atoms with Crippen LogP contribution < -0.4 is 15.4 Å². The third kappa shape index (κ3) is 3.36. The fraction of sp³-hybridized carbons (Fsp3) is 0.455. The Morgan fingerprint density at radius 1 is 1.21 bits per heavy atom. The van der Waals surface area contributed by atoms with Gasteiger partial charge in [-0.25, -0.2) is 0 Å². The van der Waals surface area contributed by atoms with Crippen LogP contribution in [0, 0.1) is 0 Å². The summed E-state index contributed by atoms with van der Waals surface area (Å²) in [6.45, 7) is 2.80. The summed E-state index contributed by atoms with van der Waals surface area (Å²) in [5.74, 6) is 0.949. The molecule has 0 fully saturated rings. The zero-order valence-electron chi connectivity index (χ0n) is 8.84. The first-order valence-electron chi connectivity index (χ1n) is 4.85. The normalized spacial score (nSPS) is 10.1. The molecular formula is C11H18N2O. The maximum absolute atomic E-state index is 5.25. The van der Waals surface area contributed by atoms with Crippen LogP contribution in [0.25, 0.3) is 0 Å². The molecule has 1 aromatic rings. The molecule has 1 aromatic carbocycles. The summed E-state index contributed by atoms with van der Waals surface area (Å²) >= 11 is 0. The quantitative estimate of drug-likeness (QED) is 0.663. The number of para-hydroxylation sites is 1. The monoisotopic (exact) mass is 194 g/mol. The van der Waals surface area contributed by atoms with Crippen LogP contribution in [-0.4, -0.2) is 27.2 Å². The van der Waals surface area contributed by atoms with Crippen molar-refractivity contribution in [1.82, 2.24) is 10.6 Å². The van der Waals surface area contributed by atoms with Crippen molar-refractivity contribution < 1.29 is 4.74 Å². The summed E-state index contributed by atoms with van der Waals surface area (Å²) in [7, 11) is 3.65. The lowest BCUT2D eigenvalue weighted by atomic mass is 10.2. The van der Waals surface area contributed by atoms with E-state index >= 15 is 0 Å². The standard InChI is InChI=1S/C11H18N2O/c1-12-7-8-13-9-10-5-3-4-6-11(10)14-2/h3-6,12-13H,7-9H2,1-2H3. The predicted octanol–water partition coefficient (Wildman–Crippen LogP) is 1.00. The lowest BCUT2D eigenvalue weighted by Crippen LogP contribution is -2.24. The number of likely N-dealkylation sites (N-methyl/N-ethyl adjacent to an activating group) is 1. The van der Waals surface area contributed by atoms with E-state index in [4.69, 9.17) is 4.74 Å².